The minimum atomic E-state index is -4.96. The summed E-state index contributed by atoms with van der Waals surface area (Å²) in [5, 5.41) is 5.04. The number of alkyl halides is 3. The molecule has 2 rings (SSSR count). The van der Waals surface area contributed by atoms with Crippen LogP contribution >= 0.6 is 23.8 Å². The first-order valence-electron chi connectivity index (χ1n) is 8.38. The molecule has 1 heterocycles. The van der Waals surface area contributed by atoms with E-state index in [1.807, 2.05) is 0 Å². The topological polar surface area (TPSA) is 94.4 Å². The van der Waals surface area contributed by atoms with Crippen LogP contribution in [0.4, 0.5) is 23.2 Å². The van der Waals surface area contributed by atoms with Gasteiger partial charge in [-0.25, -0.2) is 13.8 Å². The molecule has 0 unspecified atom stereocenters. The fourth-order valence-electron chi connectivity index (χ4n) is 2.47. The number of aromatic nitrogens is 2. The highest BCUT2D eigenvalue weighted by atomic mass is 35.5. The molecule has 0 aliphatic carbocycles. The number of hydrogen-bond donors (Lipinski definition) is 2. The third-order valence-corrected chi connectivity index (χ3v) is 4.54. The third-order valence-electron chi connectivity index (χ3n) is 3.98. The van der Waals surface area contributed by atoms with E-state index in [4.69, 9.17) is 23.8 Å². The molecule has 2 N–H and O–H groups in total. The van der Waals surface area contributed by atoms with E-state index in [-0.39, 0.29) is 44.0 Å². The van der Waals surface area contributed by atoms with Gasteiger partial charge in [0.2, 0.25) is 0 Å². The van der Waals surface area contributed by atoms with E-state index >= 15 is 0 Å². The van der Waals surface area contributed by atoms with Crippen LogP contribution in [-0.2, 0) is 22.8 Å². The van der Waals surface area contributed by atoms with Crippen LogP contribution in [0.1, 0.15) is 12.1 Å². The lowest BCUT2D eigenvalue weighted by Gasteiger charge is -2.16. The average Bonchev–Trinajstić information content (AvgIpc) is 2.67. The van der Waals surface area contributed by atoms with E-state index in [0.29, 0.717) is 0 Å². The van der Waals surface area contributed by atoms with Gasteiger partial charge in [0, 0.05) is 19.7 Å². The molecule has 0 aliphatic heterocycles. The number of methoxy groups -OCH3 is 1. The fourth-order valence-corrected chi connectivity index (χ4v) is 2.88. The van der Waals surface area contributed by atoms with Crippen molar-refractivity contribution < 1.29 is 27.1 Å². The number of rotatable bonds is 5. The van der Waals surface area contributed by atoms with E-state index in [9.17, 15) is 31.9 Å². The van der Waals surface area contributed by atoms with Crippen LogP contribution in [0.15, 0.2) is 27.8 Å². The summed E-state index contributed by atoms with van der Waals surface area (Å²) in [5.74, 6) is -1.62. The maximum atomic E-state index is 14.5. The molecule has 1 aromatic heterocycles. The third kappa shape index (κ3) is 5.61. The Morgan fingerprint density at radius 2 is 1.90 bits per heavy atom. The quantitative estimate of drug-likeness (QED) is 0.383. The van der Waals surface area contributed by atoms with Crippen LogP contribution in [0.2, 0.25) is 5.02 Å². The summed E-state index contributed by atoms with van der Waals surface area (Å²) < 4.78 is 58.3. The summed E-state index contributed by atoms with van der Waals surface area (Å²) in [5.41, 5.74) is -4.96. The van der Waals surface area contributed by atoms with Gasteiger partial charge in [-0.2, -0.15) is 13.2 Å². The van der Waals surface area contributed by atoms with Crippen LogP contribution in [-0.4, -0.2) is 33.9 Å². The van der Waals surface area contributed by atoms with E-state index in [1.54, 1.807) is 0 Å². The molecular weight excluding hydrogens is 468 g/mol. The molecule has 0 bridgehead atoms. The Kier molecular flexibility index (Phi) is 7.44. The average molecular weight is 483 g/mol. The summed E-state index contributed by atoms with van der Waals surface area (Å²) in [6.45, 7) is 0.100. The summed E-state index contributed by atoms with van der Waals surface area (Å²) in [4.78, 5) is 35.7. The molecule has 0 amide bonds. The minimum absolute atomic E-state index is 0.00227. The lowest BCUT2D eigenvalue weighted by molar-refractivity contribution is -0.144. The highest BCUT2D eigenvalue weighted by Gasteiger charge is 2.35. The number of carbonyl (C=O) groups excluding carboxylic acids is 1. The number of nitrogens with one attached hydrogen (secondary N) is 2. The number of nitrogens with zero attached hydrogens (tertiary/aromatic N) is 2. The van der Waals surface area contributed by atoms with Crippen LogP contribution < -0.4 is 21.9 Å². The zero-order valence-corrected chi connectivity index (χ0v) is 17.5. The first-order chi connectivity index (χ1) is 14.4. The van der Waals surface area contributed by atoms with Gasteiger partial charge in [-0.3, -0.25) is 14.2 Å². The molecular formula is C17H15ClF4N4O4S. The van der Waals surface area contributed by atoms with Crippen molar-refractivity contribution in [1.29, 1.82) is 0 Å². The molecule has 0 saturated heterocycles. The Labute approximate surface area is 182 Å². The summed E-state index contributed by atoms with van der Waals surface area (Å²) >= 11 is 11.0. The highest BCUT2D eigenvalue weighted by Crippen LogP contribution is 2.29. The Morgan fingerprint density at radius 3 is 2.48 bits per heavy atom. The first kappa shape index (κ1) is 24.3. The van der Waals surface area contributed by atoms with Gasteiger partial charge in [-0.05, 0) is 24.4 Å². The number of anilines is 1. The van der Waals surface area contributed by atoms with Crippen molar-refractivity contribution in [2.45, 2.75) is 12.6 Å². The maximum Gasteiger partial charge on any atom is 0.431 e. The molecule has 0 radical (unpaired) electrons. The van der Waals surface area contributed by atoms with Gasteiger partial charge in [-0.15, -0.1) is 0 Å². The molecule has 168 valence electrons. The second-order valence-electron chi connectivity index (χ2n) is 6.03. The SMILES string of the molecule is COC(=O)CCNC(=S)Nc1cc(-n2c(=O)cc(C(F)(F)F)n(C)c2=O)c(F)cc1Cl. The number of ether oxygens (including phenoxy) is 1. The first-order valence-corrected chi connectivity index (χ1v) is 9.16. The number of thiocarbonyl (C=S) groups is 1. The summed E-state index contributed by atoms with van der Waals surface area (Å²) in [6.07, 6.45) is -4.96. The summed E-state index contributed by atoms with van der Waals surface area (Å²) in [7, 11) is 2.01. The fraction of sp³-hybridized carbons (Fsp3) is 0.294. The Bertz CT molecular complexity index is 1150. The molecule has 0 saturated carbocycles. The van der Waals surface area contributed by atoms with Gasteiger partial charge in [0.1, 0.15) is 11.5 Å². The zero-order valence-electron chi connectivity index (χ0n) is 16.0. The number of esters is 1. The number of benzene rings is 1. The van der Waals surface area contributed by atoms with Gasteiger partial charge in [-0.1, -0.05) is 11.6 Å². The second kappa shape index (κ2) is 9.47. The minimum Gasteiger partial charge on any atom is -0.469 e. The van der Waals surface area contributed by atoms with Gasteiger partial charge < -0.3 is 15.4 Å². The van der Waals surface area contributed by atoms with Crippen molar-refractivity contribution in [3.05, 3.63) is 55.6 Å². The monoisotopic (exact) mass is 482 g/mol. The Morgan fingerprint density at radius 1 is 1.26 bits per heavy atom. The molecule has 0 atom stereocenters. The molecule has 0 spiro atoms. The van der Waals surface area contributed by atoms with Crippen molar-refractivity contribution in [3.8, 4) is 5.69 Å². The number of carbonyl (C=O) groups is 1. The molecule has 1 aromatic carbocycles. The molecule has 8 nitrogen and oxygen atoms in total. The van der Waals surface area contributed by atoms with Gasteiger partial charge in [0.05, 0.1) is 29.9 Å². The lowest BCUT2D eigenvalue weighted by Crippen LogP contribution is -2.41. The van der Waals surface area contributed by atoms with Crippen LogP contribution in [0, 0.1) is 5.82 Å². The van der Waals surface area contributed by atoms with Gasteiger partial charge in [0.25, 0.3) is 5.56 Å². The van der Waals surface area contributed by atoms with Crippen molar-refractivity contribution in [1.82, 2.24) is 14.5 Å². The van der Waals surface area contributed by atoms with E-state index < -0.39 is 40.6 Å². The predicted octanol–water partition coefficient (Wildman–Crippen LogP) is 2.20. The Hall–Kier alpha value is -2.93. The molecule has 0 aliphatic rings. The largest absolute Gasteiger partial charge is 0.469 e. The van der Waals surface area contributed by atoms with Crippen molar-refractivity contribution in [3.63, 3.8) is 0 Å². The van der Waals surface area contributed by atoms with Crippen LogP contribution in [0.25, 0.3) is 5.69 Å². The van der Waals surface area contributed by atoms with Crippen LogP contribution in [0.5, 0.6) is 0 Å². The number of halogens is 5. The van der Waals surface area contributed by atoms with Gasteiger partial charge >= 0.3 is 17.8 Å². The summed E-state index contributed by atoms with van der Waals surface area (Å²) in [6, 6.07) is 1.89. The van der Waals surface area contributed by atoms with Crippen molar-refractivity contribution in [2.24, 2.45) is 7.05 Å². The Balaban J connectivity index is 2.43. The normalized spacial score (nSPS) is 11.2. The standard InChI is InChI=1S/C17H15ClF4N4O4S/c1-25-12(17(20,21)22)7-13(27)26(16(25)29)11-6-10(8(18)5-9(11)19)24-15(31)23-4-3-14(28)30-2/h5-7H,3-4H2,1-2H3,(H2,23,24,31). The zero-order chi connectivity index (χ0) is 23.5. The van der Waals surface area contributed by atoms with Gasteiger partial charge in [0.15, 0.2) is 5.11 Å². The van der Waals surface area contributed by atoms with Crippen molar-refractivity contribution in [2.75, 3.05) is 19.0 Å². The van der Waals surface area contributed by atoms with E-state index in [2.05, 4.69) is 15.4 Å². The number of hydrogen-bond acceptors (Lipinski definition) is 5. The van der Waals surface area contributed by atoms with Crippen LogP contribution in [0.3, 0.4) is 0 Å². The van der Waals surface area contributed by atoms with E-state index in [0.717, 1.165) is 19.2 Å². The second-order valence-corrected chi connectivity index (χ2v) is 6.85. The molecule has 0 fully saturated rings. The highest BCUT2D eigenvalue weighted by molar-refractivity contribution is 7.80. The molecule has 31 heavy (non-hydrogen) atoms. The lowest BCUT2D eigenvalue weighted by atomic mass is 10.2. The van der Waals surface area contributed by atoms with Crippen molar-refractivity contribution >= 4 is 40.6 Å². The molecule has 14 heteroatoms. The smallest absolute Gasteiger partial charge is 0.431 e. The maximum absolute atomic E-state index is 14.5. The predicted molar refractivity (Wildman–Crippen MR) is 108 cm³/mol. The van der Waals surface area contributed by atoms with E-state index in [1.165, 1.54) is 7.11 Å². The molecule has 2 aromatic rings.